The number of carbonyl (C=O) groups excluding carboxylic acids is 2. The normalized spacial score (nSPS) is 29.1. The van der Waals surface area contributed by atoms with Crippen molar-refractivity contribution in [3.8, 4) is 0 Å². The van der Waals surface area contributed by atoms with E-state index in [1.54, 1.807) is 6.07 Å². The lowest BCUT2D eigenvalue weighted by Gasteiger charge is -2.17. The number of halogens is 1. The minimum Gasteiger partial charge on any atom is -0.398 e. The summed E-state index contributed by atoms with van der Waals surface area (Å²) in [6.07, 6.45) is 1.68. The van der Waals surface area contributed by atoms with E-state index in [2.05, 4.69) is 22.9 Å². The molecule has 5 heteroatoms. The monoisotopic (exact) mass is 336 g/mol. The van der Waals surface area contributed by atoms with Crippen molar-refractivity contribution in [2.45, 2.75) is 26.3 Å². The molecule has 4 nitrogen and oxygen atoms in total. The molecule has 0 spiro atoms. The molecule has 1 aliphatic carbocycles. The molecular formula is C15H17BrN2O2. The lowest BCUT2D eigenvalue weighted by Crippen LogP contribution is -2.31. The van der Waals surface area contributed by atoms with Gasteiger partial charge in [-0.25, -0.2) is 0 Å². The van der Waals surface area contributed by atoms with Crippen LogP contribution in [0.4, 0.5) is 5.69 Å². The predicted molar refractivity (Wildman–Crippen MR) is 79.5 cm³/mol. The average Bonchev–Trinajstić information content (AvgIpc) is 2.88. The fourth-order valence-electron chi connectivity index (χ4n) is 3.38. The Bertz CT molecular complexity index is 563. The van der Waals surface area contributed by atoms with E-state index in [1.165, 1.54) is 4.90 Å². The second kappa shape index (κ2) is 4.88. The summed E-state index contributed by atoms with van der Waals surface area (Å²) in [6.45, 7) is 2.44. The molecule has 0 bridgehead atoms. The van der Waals surface area contributed by atoms with Crippen LogP contribution in [0.5, 0.6) is 0 Å². The molecule has 2 amide bonds. The third kappa shape index (κ3) is 2.14. The zero-order chi connectivity index (χ0) is 14.4. The smallest absolute Gasteiger partial charge is 0.233 e. The van der Waals surface area contributed by atoms with Crippen LogP contribution in [0, 0.1) is 17.8 Å². The number of rotatable bonds is 2. The standard InChI is InChI=1S/C15H17BrN2O2/c1-8-4-10-11(5-8)15(20)18(14(10)19)7-9-2-3-12(16)13(17)6-9/h2-3,6,8,10-11H,4-5,7,17H2,1H3. The first kappa shape index (κ1) is 13.6. The number of hydrogen-bond acceptors (Lipinski definition) is 3. The Kier molecular flexibility index (Phi) is 3.32. The maximum Gasteiger partial charge on any atom is 0.233 e. The number of amides is 2. The van der Waals surface area contributed by atoms with Gasteiger partial charge in [-0.1, -0.05) is 13.0 Å². The van der Waals surface area contributed by atoms with Crippen LogP contribution in [0.15, 0.2) is 22.7 Å². The Balaban J connectivity index is 1.80. The summed E-state index contributed by atoms with van der Waals surface area (Å²) in [6, 6.07) is 5.54. The predicted octanol–water partition coefficient (Wildman–Crippen LogP) is 2.56. The van der Waals surface area contributed by atoms with Gasteiger partial charge in [0.1, 0.15) is 0 Å². The van der Waals surface area contributed by atoms with Crippen LogP contribution in [0.25, 0.3) is 0 Å². The molecule has 2 unspecified atom stereocenters. The van der Waals surface area contributed by atoms with Gasteiger partial charge in [0.05, 0.1) is 18.4 Å². The summed E-state index contributed by atoms with van der Waals surface area (Å²) < 4.78 is 0.825. The topological polar surface area (TPSA) is 63.4 Å². The summed E-state index contributed by atoms with van der Waals surface area (Å²) >= 11 is 3.34. The van der Waals surface area contributed by atoms with E-state index >= 15 is 0 Å². The largest absolute Gasteiger partial charge is 0.398 e. The fraction of sp³-hybridized carbons (Fsp3) is 0.467. The summed E-state index contributed by atoms with van der Waals surface area (Å²) in [5, 5.41) is 0. The lowest BCUT2D eigenvalue weighted by molar-refractivity contribution is -0.141. The molecule has 2 aliphatic rings. The molecule has 1 aromatic rings. The van der Waals surface area contributed by atoms with E-state index in [0.29, 0.717) is 18.2 Å². The molecule has 2 atom stereocenters. The number of nitrogens with two attached hydrogens (primary N) is 1. The van der Waals surface area contributed by atoms with Gasteiger partial charge < -0.3 is 5.73 Å². The van der Waals surface area contributed by atoms with Crippen molar-refractivity contribution in [1.82, 2.24) is 4.90 Å². The van der Waals surface area contributed by atoms with Gasteiger partial charge in [0, 0.05) is 10.2 Å². The number of nitrogens with zero attached hydrogens (tertiary/aromatic N) is 1. The zero-order valence-electron chi connectivity index (χ0n) is 11.3. The number of imide groups is 1. The minimum absolute atomic E-state index is 0.00848. The first-order valence-electron chi connectivity index (χ1n) is 6.86. The van der Waals surface area contributed by atoms with Gasteiger partial charge in [-0.3, -0.25) is 14.5 Å². The van der Waals surface area contributed by atoms with Crippen LogP contribution >= 0.6 is 15.9 Å². The van der Waals surface area contributed by atoms with E-state index in [4.69, 9.17) is 5.73 Å². The van der Waals surface area contributed by atoms with Crippen LogP contribution in [0.2, 0.25) is 0 Å². The van der Waals surface area contributed by atoms with Crippen LogP contribution < -0.4 is 5.73 Å². The SMILES string of the molecule is CC1CC2C(=O)N(Cc3ccc(Br)c(N)c3)C(=O)C2C1. The van der Waals surface area contributed by atoms with E-state index < -0.39 is 0 Å². The highest BCUT2D eigenvalue weighted by Gasteiger charge is 2.51. The fourth-order valence-corrected chi connectivity index (χ4v) is 3.62. The molecule has 0 aromatic heterocycles. The highest BCUT2D eigenvalue weighted by molar-refractivity contribution is 9.10. The first-order chi connectivity index (χ1) is 9.47. The molecule has 106 valence electrons. The number of nitrogen functional groups attached to an aromatic ring is 1. The number of carbonyl (C=O) groups is 2. The number of hydrogen-bond donors (Lipinski definition) is 1. The molecule has 1 heterocycles. The van der Waals surface area contributed by atoms with Gasteiger partial charge in [0.25, 0.3) is 0 Å². The Morgan fingerprint density at radius 2 is 1.85 bits per heavy atom. The number of fused-ring (bicyclic) bond motifs is 1. The highest BCUT2D eigenvalue weighted by atomic mass is 79.9. The molecule has 1 aliphatic heterocycles. The van der Waals surface area contributed by atoms with E-state index in [-0.39, 0.29) is 23.7 Å². The third-order valence-corrected chi connectivity index (χ3v) is 5.09. The Morgan fingerprint density at radius 1 is 1.25 bits per heavy atom. The third-order valence-electron chi connectivity index (χ3n) is 4.37. The van der Waals surface area contributed by atoms with Gasteiger partial charge in [-0.05, 0) is 52.4 Å². The molecule has 1 saturated carbocycles. The molecule has 1 aromatic carbocycles. The van der Waals surface area contributed by atoms with Crippen LogP contribution in [0.1, 0.15) is 25.3 Å². The van der Waals surface area contributed by atoms with Crippen LogP contribution in [-0.4, -0.2) is 16.7 Å². The molecule has 2 N–H and O–H groups in total. The highest BCUT2D eigenvalue weighted by Crippen LogP contribution is 2.43. The molecular weight excluding hydrogens is 320 g/mol. The quantitative estimate of drug-likeness (QED) is 0.666. The molecule has 3 rings (SSSR count). The summed E-state index contributed by atoms with van der Waals surface area (Å²) in [5.41, 5.74) is 7.35. The van der Waals surface area contributed by atoms with Crippen molar-refractivity contribution in [3.63, 3.8) is 0 Å². The van der Waals surface area contributed by atoms with Crippen molar-refractivity contribution in [2.75, 3.05) is 5.73 Å². The average molecular weight is 337 g/mol. The van der Waals surface area contributed by atoms with Gasteiger partial charge >= 0.3 is 0 Å². The molecule has 20 heavy (non-hydrogen) atoms. The van der Waals surface area contributed by atoms with Crippen molar-refractivity contribution in [2.24, 2.45) is 17.8 Å². The van der Waals surface area contributed by atoms with Gasteiger partial charge in [-0.2, -0.15) is 0 Å². The number of anilines is 1. The van der Waals surface area contributed by atoms with Gasteiger partial charge in [0.2, 0.25) is 11.8 Å². The van der Waals surface area contributed by atoms with Gasteiger partial charge in [0.15, 0.2) is 0 Å². The van der Waals surface area contributed by atoms with Crippen molar-refractivity contribution < 1.29 is 9.59 Å². The van der Waals surface area contributed by atoms with E-state index in [9.17, 15) is 9.59 Å². The minimum atomic E-state index is -0.0923. The maximum absolute atomic E-state index is 12.4. The second-order valence-corrected chi connectivity index (χ2v) is 6.76. The summed E-state index contributed by atoms with van der Waals surface area (Å²) in [4.78, 5) is 26.1. The Hall–Kier alpha value is -1.36. The Morgan fingerprint density at radius 3 is 2.40 bits per heavy atom. The second-order valence-electron chi connectivity index (χ2n) is 5.91. The first-order valence-corrected chi connectivity index (χ1v) is 7.65. The van der Waals surface area contributed by atoms with Gasteiger partial charge in [-0.15, -0.1) is 0 Å². The van der Waals surface area contributed by atoms with E-state index in [0.717, 1.165) is 22.9 Å². The Labute approximate surface area is 126 Å². The summed E-state index contributed by atoms with van der Waals surface area (Å²) in [7, 11) is 0. The maximum atomic E-state index is 12.4. The summed E-state index contributed by atoms with van der Waals surface area (Å²) in [5.74, 6) is 0.274. The number of benzene rings is 1. The molecule has 2 fully saturated rings. The van der Waals surface area contributed by atoms with Crippen molar-refractivity contribution in [3.05, 3.63) is 28.2 Å². The van der Waals surface area contributed by atoms with Crippen LogP contribution in [0.3, 0.4) is 0 Å². The van der Waals surface area contributed by atoms with Crippen LogP contribution in [-0.2, 0) is 16.1 Å². The number of likely N-dealkylation sites (tertiary alicyclic amines) is 1. The lowest BCUT2D eigenvalue weighted by atomic mass is 10.00. The molecule has 1 saturated heterocycles. The zero-order valence-corrected chi connectivity index (χ0v) is 12.9. The van der Waals surface area contributed by atoms with Crippen molar-refractivity contribution in [1.29, 1.82) is 0 Å². The molecule has 0 radical (unpaired) electrons. The van der Waals surface area contributed by atoms with E-state index in [1.807, 2.05) is 12.1 Å². The van der Waals surface area contributed by atoms with Crippen molar-refractivity contribution >= 4 is 33.4 Å².